The van der Waals surface area contributed by atoms with E-state index in [0.717, 1.165) is 30.2 Å². The van der Waals surface area contributed by atoms with Crippen LogP contribution in [0, 0.1) is 0 Å². The van der Waals surface area contributed by atoms with E-state index in [1.807, 2.05) is 60.3 Å². The van der Waals surface area contributed by atoms with Crippen molar-refractivity contribution in [3.63, 3.8) is 0 Å². The van der Waals surface area contributed by atoms with Crippen molar-refractivity contribution < 1.29 is 4.79 Å². The monoisotopic (exact) mass is 378 g/mol. The van der Waals surface area contributed by atoms with Crippen molar-refractivity contribution >= 4 is 17.4 Å². The molecule has 1 amide bonds. The Balaban J connectivity index is 1.39. The topological polar surface area (TPSA) is 83.3 Å². The molecule has 0 N–H and O–H groups in total. The Morgan fingerprint density at radius 2 is 1.75 bits per heavy atom. The van der Waals surface area contributed by atoms with Crippen LogP contribution >= 0.6 is 0 Å². The zero-order valence-corrected chi connectivity index (χ0v) is 15.9. The number of rotatable bonds is 4. The first-order valence-electron chi connectivity index (χ1n) is 9.12. The first kappa shape index (κ1) is 17.9. The number of nitrogens with zero attached hydrogens (tertiary/aromatic N) is 8. The van der Waals surface area contributed by atoms with Gasteiger partial charge in [0.25, 0.3) is 5.91 Å². The molecule has 0 aliphatic carbocycles. The molecular weight excluding hydrogens is 356 g/mol. The van der Waals surface area contributed by atoms with Gasteiger partial charge in [0.1, 0.15) is 12.7 Å². The van der Waals surface area contributed by atoms with Gasteiger partial charge in [0, 0.05) is 51.5 Å². The van der Waals surface area contributed by atoms with Crippen LogP contribution in [0.1, 0.15) is 10.4 Å². The lowest BCUT2D eigenvalue weighted by molar-refractivity contribution is 0.0746. The second-order valence-corrected chi connectivity index (χ2v) is 6.81. The Labute approximate surface area is 163 Å². The van der Waals surface area contributed by atoms with Crippen molar-refractivity contribution in [3.05, 3.63) is 54.6 Å². The van der Waals surface area contributed by atoms with Crippen LogP contribution in [0.5, 0.6) is 0 Å². The lowest BCUT2D eigenvalue weighted by Gasteiger charge is -2.35. The number of benzene rings is 1. The molecule has 1 saturated heterocycles. The van der Waals surface area contributed by atoms with Gasteiger partial charge in [-0.15, -0.1) is 10.2 Å². The SMILES string of the molecule is CN(C)c1cccc(C(=O)N2CCN(c3ccc(-n4cncn4)nn3)CC2)c1. The zero-order chi connectivity index (χ0) is 19.5. The van der Waals surface area contributed by atoms with E-state index < -0.39 is 0 Å². The van der Waals surface area contributed by atoms with E-state index >= 15 is 0 Å². The van der Waals surface area contributed by atoms with E-state index in [9.17, 15) is 4.79 Å². The average Bonchev–Trinajstić information content (AvgIpc) is 3.28. The van der Waals surface area contributed by atoms with E-state index in [4.69, 9.17) is 0 Å². The molecule has 9 nitrogen and oxygen atoms in total. The zero-order valence-electron chi connectivity index (χ0n) is 15.9. The molecule has 0 radical (unpaired) electrons. The van der Waals surface area contributed by atoms with Gasteiger partial charge < -0.3 is 14.7 Å². The molecule has 0 bridgehead atoms. The summed E-state index contributed by atoms with van der Waals surface area (Å²) < 4.78 is 1.56. The van der Waals surface area contributed by atoms with Gasteiger partial charge in [-0.2, -0.15) is 5.10 Å². The summed E-state index contributed by atoms with van der Waals surface area (Å²) in [6.07, 6.45) is 3.04. The maximum absolute atomic E-state index is 12.8. The van der Waals surface area contributed by atoms with E-state index in [1.54, 1.807) is 11.0 Å². The Kier molecular flexibility index (Phi) is 4.88. The maximum Gasteiger partial charge on any atom is 0.254 e. The highest BCUT2D eigenvalue weighted by molar-refractivity contribution is 5.95. The number of carbonyl (C=O) groups excluding carboxylic acids is 1. The molecule has 0 saturated carbocycles. The van der Waals surface area contributed by atoms with Gasteiger partial charge in [-0.1, -0.05) is 6.07 Å². The standard InChI is InChI=1S/C19H22N8O/c1-24(2)16-5-3-4-15(12-16)19(28)26-10-8-25(9-11-26)17-6-7-18(23-22-17)27-14-20-13-21-27/h3-7,12-14H,8-11H2,1-2H3. The van der Waals surface area contributed by atoms with E-state index in [1.165, 1.54) is 6.33 Å². The molecule has 0 spiro atoms. The molecule has 0 atom stereocenters. The number of hydrogen-bond acceptors (Lipinski definition) is 7. The van der Waals surface area contributed by atoms with Gasteiger partial charge in [-0.3, -0.25) is 4.79 Å². The minimum Gasteiger partial charge on any atom is -0.378 e. The minimum atomic E-state index is 0.0657. The molecule has 1 aliphatic rings. The van der Waals surface area contributed by atoms with Crippen molar-refractivity contribution in [2.24, 2.45) is 0 Å². The van der Waals surface area contributed by atoms with Gasteiger partial charge >= 0.3 is 0 Å². The maximum atomic E-state index is 12.8. The Bertz CT molecular complexity index is 931. The summed E-state index contributed by atoms with van der Waals surface area (Å²) in [4.78, 5) is 22.8. The first-order chi connectivity index (χ1) is 13.6. The number of amides is 1. The summed E-state index contributed by atoms with van der Waals surface area (Å²) in [6, 6.07) is 11.5. The number of carbonyl (C=O) groups is 1. The van der Waals surface area contributed by atoms with Crippen LogP contribution in [0.3, 0.4) is 0 Å². The average molecular weight is 378 g/mol. The fourth-order valence-electron chi connectivity index (χ4n) is 3.17. The van der Waals surface area contributed by atoms with Crippen LogP contribution in [0.25, 0.3) is 5.82 Å². The number of aromatic nitrogens is 5. The molecule has 1 aromatic carbocycles. The fraction of sp³-hybridized carbons (Fsp3) is 0.316. The molecule has 144 valence electrons. The van der Waals surface area contributed by atoms with Crippen LogP contribution in [-0.2, 0) is 0 Å². The molecule has 1 fully saturated rings. The predicted molar refractivity (Wildman–Crippen MR) is 106 cm³/mol. The molecule has 3 heterocycles. The largest absolute Gasteiger partial charge is 0.378 e. The molecule has 0 unspecified atom stereocenters. The van der Waals surface area contributed by atoms with Crippen LogP contribution in [0.2, 0.25) is 0 Å². The van der Waals surface area contributed by atoms with Crippen LogP contribution in [-0.4, -0.2) is 76.0 Å². The van der Waals surface area contributed by atoms with Crippen LogP contribution < -0.4 is 9.80 Å². The molecule has 4 rings (SSSR count). The number of hydrogen-bond donors (Lipinski definition) is 0. The van der Waals surface area contributed by atoms with Crippen LogP contribution in [0.15, 0.2) is 49.1 Å². The Morgan fingerprint density at radius 1 is 1.00 bits per heavy atom. The first-order valence-corrected chi connectivity index (χ1v) is 9.12. The predicted octanol–water partition coefficient (Wildman–Crippen LogP) is 1.09. The number of piperazine rings is 1. The fourth-order valence-corrected chi connectivity index (χ4v) is 3.17. The molecular formula is C19H22N8O. The third-order valence-corrected chi connectivity index (χ3v) is 4.79. The second kappa shape index (κ2) is 7.63. The Morgan fingerprint density at radius 3 is 2.39 bits per heavy atom. The second-order valence-electron chi connectivity index (χ2n) is 6.81. The lowest BCUT2D eigenvalue weighted by Crippen LogP contribution is -2.49. The van der Waals surface area contributed by atoms with E-state index in [-0.39, 0.29) is 5.91 Å². The van der Waals surface area contributed by atoms with Crippen molar-refractivity contribution in [1.82, 2.24) is 29.9 Å². The molecule has 9 heteroatoms. The summed E-state index contributed by atoms with van der Waals surface area (Å²) in [7, 11) is 3.94. The van der Waals surface area contributed by atoms with E-state index in [2.05, 4.69) is 25.2 Å². The third-order valence-electron chi connectivity index (χ3n) is 4.79. The van der Waals surface area contributed by atoms with Crippen LogP contribution in [0.4, 0.5) is 11.5 Å². The van der Waals surface area contributed by atoms with Crippen molar-refractivity contribution in [3.8, 4) is 5.82 Å². The summed E-state index contributed by atoms with van der Waals surface area (Å²) in [6.45, 7) is 2.74. The van der Waals surface area contributed by atoms with Gasteiger partial charge in [0.2, 0.25) is 0 Å². The van der Waals surface area contributed by atoms with Crippen molar-refractivity contribution in [2.45, 2.75) is 0 Å². The molecule has 2 aromatic heterocycles. The Hall–Kier alpha value is -3.49. The highest BCUT2D eigenvalue weighted by atomic mass is 16.2. The smallest absolute Gasteiger partial charge is 0.254 e. The number of anilines is 2. The quantitative estimate of drug-likeness (QED) is 0.672. The van der Waals surface area contributed by atoms with Gasteiger partial charge in [-0.25, -0.2) is 9.67 Å². The van der Waals surface area contributed by atoms with Gasteiger partial charge in [0.05, 0.1) is 0 Å². The summed E-state index contributed by atoms with van der Waals surface area (Å²) >= 11 is 0. The van der Waals surface area contributed by atoms with Gasteiger partial charge in [0.15, 0.2) is 11.6 Å². The summed E-state index contributed by atoms with van der Waals surface area (Å²) in [5, 5.41) is 12.5. The molecule has 1 aliphatic heterocycles. The van der Waals surface area contributed by atoms with E-state index in [0.29, 0.717) is 18.9 Å². The lowest BCUT2D eigenvalue weighted by atomic mass is 10.1. The van der Waals surface area contributed by atoms with Crippen molar-refractivity contribution in [1.29, 1.82) is 0 Å². The van der Waals surface area contributed by atoms with Crippen molar-refractivity contribution in [2.75, 3.05) is 50.1 Å². The third kappa shape index (κ3) is 3.64. The minimum absolute atomic E-state index is 0.0657. The summed E-state index contributed by atoms with van der Waals surface area (Å²) in [5.74, 6) is 1.48. The van der Waals surface area contributed by atoms with Gasteiger partial charge in [-0.05, 0) is 30.3 Å². The highest BCUT2D eigenvalue weighted by Gasteiger charge is 2.23. The molecule has 3 aromatic rings. The molecule has 28 heavy (non-hydrogen) atoms. The summed E-state index contributed by atoms with van der Waals surface area (Å²) in [5.41, 5.74) is 1.74. The highest BCUT2D eigenvalue weighted by Crippen LogP contribution is 2.18. The normalized spacial score (nSPS) is 14.2.